The fourth-order valence-electron chi connectivity index (χ4n) is 3.93. The molecule has 0 atom stereocenters. The average molecular weight is 561 g/mol. The normalized spacial score (nSPS) is 13.3. The van der Waals surface area contributed by atoms with E-state index in [1.165, 1.54) is 12.1 Å². The van der Waals surface area contributed by atoms with E-state index >= 15 is 0 Å². The van der Waals surface area contributed by atoms with Crippen molar-refractivity contribution in [2.24, 2.45) is 5.14 Å². The third-order valence-electron chi connectivity index (χ3n) is 5.79. The van der Waals surface area contributed by atoms with Crippen molar-refractivity contribution in [3.05, 3.63) is 51.7 Å². The van der Waals surface area contributed by atoms with Gasteiger partial charge in [0.05, 0.1) is 29.4 Å². The number of carbonyl (C=O) groups is 2. The second-order valence-corrected chi connectivity index (χ2v) is 11.6. The lowest BCUT2D eigenvalue weighted by atomic mass is 10.1. The highest BCUT2D eigenvalue weighted by molar-refractivity contribution is 7.89. The summed E-state index contributed by atoms with van der Waals surface area (Å²) in [6.07, 6.45) is 0.515. The van der Waals surface area contributed by atoms with E-state index in [9.17, 15) is 23.1 Å². The Hall–Kier alpha value is -3.66. The molecule has 0 spiro atoms. The van der Waals surface area contributed by atoms with Gasteiger partial charge in [-0.05, 0) is 38.7 Å². The van der Waals surface area contributed by atoms with Gasteiger partial charge < -0.3 is 20.2 Å². The van der Waals surface area contributed by atoms with Crippen LogP contribution in [0, 0.1) is 6.92 Å². The summed E-state index contributed by atoms with van der Waals surface area (Å²) in [6, 6.07) is 6.17. The molecule has 0 unspecified atom stereocenters. The fraction of sp³-hybridized carbons (Fsp3) is 0.348. The van der Waals surface area contributed by atoms with Crippen molar-refractivity contribution in [1.29, 1.82) is 0 Å². The molecule has 3 aromatic rings. The van der Waals surface area contributed by atoms with Crippen molar-refractivity contribution in [2.75, 3.05) is 37.8 Å². The Kier molecular flexibility index (Phi) is 7.91. The number of nitrogens with two attached hydrogens (primary N) is 1. The van der Waals surface area contributed by atoms with Crippen molar-refractivity contribution in [2.45, 2.75) is 31.3 Å². The summed E-state index contributed by atoms with van der Waals surface area (Å²) in [5, 5.41) is 21.2. The molecule has 0 radical (unpaired) electrons. The highest BCUT2D eigenvalue weighted by atomic mass is 32.2. The lowest BCUT2D eigenvalue weighted by Gasteiger charge is -2.30. The number of aryl methyl sites for hydroxylation is 1. The number of carbonyl (C=O) groups excluding carboxylic acids is 1. The van der Waals surface area contributed by atoms with Gasteiger partial charge in [0.1, 0.15) is 10.7 Å². The van der Waals surface area contributed by atoms with E-state index in [1.807, 2.05) is 19.0 Å². The minimum Gasteiger partial charge on any atom is -0.477 e. The topological polar surface area (TPSA) is 184 Å². The van der Waals surface area contributed by atoms with Gasteiger partial charge in [-0.25, -0.2) is 28.3 Å². The lowest BCUT2D eigenvalue weighted by molar-refractivity contribution is -0.132. The molecule has 0 saturated heterocycles. The smallest absolute Gasteiger partial charge is 0.347 e. The lowest BCUT2D eigenvalue weighted by Crippen LogP contribution is -2.41. The number of fused-ring (bicyclic) bond motifs is 1. The van der Waals surface area contributed by atoms with Crippen LogP contribution >= 0.6 is 11.3 Å². The van der Waals surface area contributed by atoms with Gasteiger partial charge in [0.15, 0.2) is 5.13 Å². The van der Waals surface area contributed by atoms with Crippen LogP contribution in [-0.4, -0.2) is 77.3 Å². The number of likely N-dealkylation sites (N-methyl/N-ethyl adjacent to an activating group) is 1. The zero-order valence-corrected chi connectivity index (χ0v) is 22.7. The summed E-state index contributed by atoms with van der Waals surface area (Å²) in [4.78, 5) is 41.3. The number of carboxylic acids is 1. The Bertz CT molecular complexity index is 1470. The molecular weight excluding hydrogens is 532 g/mol. The third-order valence-corrected chi connectivity index (χ3v) is 7.78. The van der Waals surface area contributed by atoms with Crippen LogP contribution in [0.25, 0.3) is 0 Å². The molecule has 0 aliphatic carbocycles. The second kappa shape index (κ2) is 11.0. The van der Waals surface area contributed by atoms with Crippen LogP contribution < -0.4 is 15.8 Å². The first kappa shape index (κ1) is 27.4. The van der Waals surface area contributed by atoms with Crippen molar-refractivity contribution in [3.63, 3.8) is 0 Å². The van der Waals surface area contributed by atoms with Gasteiger partial charge in [0.25, 0.3) is 0 Å². The molecule has 1 aliphatic heterocycles. The molecule has 38 heavy (non-hydrogen) atoms. The van der Waals surface area contributed by atoms with Crippen LogP contribution in [0.4, 0.5) is 16.9 Å². The van der Waals surface area contributed by atoms with Crippen LogP contribution in [-0.2, 0) is 34.3 Å². The maximum absolute atomic E-state index is 12.7. The predicted octanol–water partition coefficient (Wildman–Crippen LogP) is 1.39. The summed E-state index contributed by atoms with van der Waals surface area (Å²) < 4.78 is 23.1. The van der Waals surface area contributed by atoms with Gasteiger partial charge in [-0.1, -0.05) is 23.5 Å². The summed E-state index contributed by atoms with van der Waals surface area (Å²) in [6.45, 7) is 3.05. The van der Waals surface area contributed by atoms with Crippen LogP contribution in [0.1, 0.15) is 32.2 Å². The number of aromatic nitrogens is 3. The SMILES string of the molecule is Cc1nc(Nc2nc3c(c(NCc4ccc(S(N)(=O)=O)cc4)n2)CN(C(=O)CN(C)C)CC3)sc1C(=O)O. The zero-order chi connectivity index (χ0) is 27.6. The van der Waals surface area contributed by atoms with E-state index < -0.39 is 16.0 Å². The number of primary sulfonamides is 1. The molecule has 1 amide bonds. The predicted molar refractivity (Wildman–Crippen MR) is 142 cm³/mol. The van der Waals surface area contributed by atoms with E-state index in [1.54, 1.807) is 24.0 Å². The zero-order valence-electron chi connectivity index (χ0n) is 21.1. The standard InChI is InChI=1S/C23H28N8O5S2/c1-13-19(21(33)34)37-23(26-13)29-22-27-17-8-9-31(18(32)12-30(2)3)11-16(17)20(28-22)25-10-14-4-6-15(7-5-14)38(24,35)36/h4-7H,8-12H2,1-3H3,(H,33,34)(H2,24,35,36)(H2,25,26,27,28,29). The molecule has 0 saturated carbocycles. The molecule has 202 valence electrons. The van der Waals surface area contributed by atoms with Gasteiger partial charge in [-0.2, -0.15) is 4.98 Å². The maximum Gasteiger partial charge on any atom is 0.347 e. The summed E-state index contributed by atoms with van der Waals surface area (Å²) in [5.74, 6) is -0.318. The number of aromatic carboxylic acids is 1. The van der Waals surface area contributed by atoms with E-state index in [-0.39, 0.29) is 28.2 Å². The highest BCUT2D eigenvalue weighted by Gasteiger charge is 2.26. The van der Waals surface area contributed by atoms with Crippen LogP contribution in [0.5, 0.6) is 0 Å². The number of benzene rings is 1. The number of nitrogens with zero attached hydrogens (tertiary/aromatic N) is 5. The van der Waals surface area contributed by atoms with E-state index in [2.05, 4.69) is 25.6 Å². The molecule has 4 rings (SSSR count). The van der Waals surface area contributed by atoms with Gasteiger partial charge in [-0.3, -0.25) is 10.1 Å². The third kappa shape index (κ3) is 6.42. The quantitative estimate of drug-likeness (QED) is 0.296. The molecule has 5 N–H and O–H groups in total. The summed E-state index contributed by atoms with van der Waals surface area (Å²) in [5.41, 5.74) is 2.71. The first-order valence-corrected chi connectivity index (χ1v) is 13.9. The minimum absolute atomic E-state index is 0.00755. The summed E-state index contributed by atoms with van der Waals surface area (Å²) in [7, 11) is -0.127. The number of carboxylic acid groups (broad SMARTS) is 1. The number of rotatable bonds is 9. The average Bonchev–Trinajstić information content (AvgIpc) is 3.21. The molecule has 3 heterocycles. The molecule has 0 bridgehead atoms. The Labute approximate surface area is 223 Å². The Morgan fingerprint density at radius 1 is 1.18 bits per heavy atom. The monoisotopic (exact) mass is 560 g/mol. The van der Waals surface area contributed by atoms with Gasteiger partial charge in [0.2, 0.25) is 21.9 Å². The number of anilines is 3. The Balaban J connectivity index is 1.62. The largest absolute Gasteiger partial charge is 0.477 e. The van der Waals surface area contributed by atoms with Crippen LogP contribution in [0.15, 0.2) is 29.2 Å². The Morgan fingerprint density at radius 3 is 2.50 bits per heavy atom. The molecule has 1 aromatic carbocycles. The number of amides is 1. The van der Waals surface area contributed by atoms with Crippen LogP contribution in [0.2, 0.25) is 0 Å². The Morgan fingerprint density at radius 2 is 1.89 bits per heavy atom. The molecule has 13 nitrogen and oxygen atoms in total. The maximum atomic E-state index is 12.7. The number of sulfonamides is 1. The number of hydrogen-bond donors (Lipinski definition) is 4. The summed E-state index contributed by atoms with van der Waals surface area (Å²) >= 11 is 0.990. The molecule has 15 heteroatoms. The van der Waals surface area contributed by atoms with Gasteiger partial charge >= 0.3 is 5.97 Å². The fourth-order valence-corrected chi connectivity index (χ4v) is 5.24. The highest BCUT2D eigenvalue weighted by Crippen LogP contribution is 2.29. The first-order chi connectivity index (χ1) is 17.9. The molecule has 2 aromatic heterocycles. The number of thiazole rings is 1. The van der Waals surface area contributed by atoms with Crippen LogP contribution in [0.3, 0.4) is 0 Å². The van der Waals surface area contributed by atoms with Crippen molar-refractivity contribution in [3.8, 4) is 0 Å². The van der Waals surface area contributed by atoms with Crippen molar-refractivity contribution in [1.82, 2.24) is 24.8 Å². The first-order valence-electron chi connectivity index (χ1n) is 11.6. The van der Waals surface area contributed by atoms with Gasteiger partial charge in [0, 0.05) is 25.1 Å². The number of hydrogen-bond acceptors (Lipinski definition) is 11. The number of nitrogens with one attached hydrogen (secondary N) is 2. The van der Waals surface area contributed by atoms with Crippen molar-refractivity contribution >= 4 is 50.1 Å². The molecular formula is C23H28N8O5S2. The van der Waals surface area contributed by atoms with E-state index in [0.717, 1.165) is 28.2 Å². The second-order valence-electron chi connectivity index (χ2n) is 9.03. The van der Waals surface area contributed by atoms with E-state index in [0.29, 0.717) is 42.7 Å². The van der Waals surface area contributed by atoms with Gasteiger partial charge in [-0.15, -0.1) is 0 Å². The van der Waals surface area contributed by atoms with E-state index in [4.69, 9.17) is 5.14 Å². The minimum atomic E-state index is -3.80. The molecule has 1 aliphatic rings. The van der Waals surface area contributed by atoms with Crippen molar-refractivity contribution < 1.29 is 23.1 Å². The molecule has 0 fully saturated rings.